The molecule has 0 aliphatic heterocycles. The normalized spacial score (nSPS) is 10.9. The van der Waals surface area contributed by atoms with E-state index in [9.17, 15) is 0 Å². The summed E-state index contributed by atoms with van der Waals surface area (Å²) in [6, 6.07) is 18.1. The first kappa shape index (κ1) is 18.9. The molecule has 4 aromatic rings. The van der Waals surface area contributed by atoms with E-state index in [-0.39, 0.29) is 0 Å². The lowest BCUT2D eigenvalue weighted by molar-refractivity contribution is 0.288. The van der Waals surface area contributed by atoms with Crippen molar-refractivity contribution in [3.05, 3.63) is 71.7 Å². The Hall–Kier alpha value is -3.48. The fourth-order valence-corrected chi connectivity index (χ4v) is 3.10. The second-order valence-corrected chi connectivity index (χ2v) is 6.71. The summed E-state index contributed by atoms with van der Waals surface area (Å²) in [5, 5.41) is 14.9. The maximum Gasteiger partial charge on any atom is 0.148 e. The largest absolute Gasteiger partial charge is 0.493 e. The van der Waals surface area contributed by atoms with Crippen molar-refractivity contribution in [2.75, 3.05) is 6.61 Å². The number of aryl methyl sites for hydroxylation is 2. The van der Waals surface area contributed by atoms with Crippen LogP contribution >= 0.6 is 0 Å². The van der Waals surface area contributed by atoms with E-state index in [4.69, 9.17) is 9.47 Å². The highest BCUT2D eigenvalue weighted by molar-refractivity contribution is 5.78. The summed E-state index contributed by atoms with van der Waals surface area (Å²) < 4.78 is 12.0. The quantitative estimate of drug-likeness (QED) is 0.437. The number of aromatic nitrogens is 5. The third-order valence-corrected chi connectivity index (χ3v) is 4.67. The van der Waals surface area contributed by atoms with Crippen LogP contribution in [-0.2, 0) is 19.4 Å². The van der Waals surface area contributed by atoms with Gasteiger partial charge in [0.15, 0.2) is 0 Å². The lowest BCUT2D eigenvalue weighted by Gasteiger charge is -2.13. The number of nitrogens with zero attached hydrogens (tertiary/aromatic N) is 4. The molecule has 0 fully saturated rings. The highest BCUT2D eigenvalue weighted by Crippen LogP contribution is 2.26. The van der Waals surface area contributed by atoms with Crippen molar-refractivity contribution >= 4 is 10.9 Å². The summed E-state index contributed by atoms with van der Waals surface area (Å²) in [5.74, 6) is 2.39. The molecule has 0 radical (unpaired) electrons. The van der Waals surface area contributed by atoms with Crippen molar-refractivity contribution in [2.24, 2.45) is 0 Å². The molecule has 7 nitrogen and oxygen atoms in total. The fraction of sp³-hybridized carbons (Fsp3) is 0.273. The van der Waals surface area contributed by atoms with Crippen LogP contribution in [0, 0.1) is 0 Å². The number of hydrogen-bond donors (Lipinski definition) is 1. The van der Waals surface area contributed by atoms with Gasteiger partial charge in [-0.25, -0.2) is 10.1 Å². The molecular formula is C22H23N5O2. The SMILES string of the molecule is CCc1ccc(OCc2ccc3ccccc3n2)cc1OCCCc1nnn[nH]1. The van der Waals surface area contributed by atoms with Crippen LogP contribution in [-0.4, -0.2) is 32.2 Å². The summed E-state index contributed by atoms with van der Waals surface area (Å²) in [6.45, 7) is 3.11. The highest BCUT2D eigenvalue weighted by Gasteiger charge is 2.07. The molecule has 1 N–H and O–H groups in total. The number of rotatable bonds is 9. The van der Waals surface area contributed by atoms with Gasteiger partial charge in [0.1, 0.15) is 23.9 Å². The molecule has 0 atom stereocenters. The minimum atomic E-state index is 0.411. The molecule has 0 spiro atoms. The summed E-state index contributed by atoms with van der Waals surface area (Å²) in [4.78, 5) is 4.66. The van der Waals surface area contributed by atoms with Crippen LogP contribution < -0.4 is 9.47 Å². The smallest absolute Gasteiger partial charge is 0.148 e. The number of benzene rings is 2. The minimum absolute atomic E-state index is 0.411. The van der Waals surface area contributed by atoms with Gasteiger partial charge in [0.25, 0.3) is 0 Å². The number of H-pyrrole nitrogens is 1. The van der Waals surface area contributed by atoms with Crippen LogP contribution in [0.4, 0.5) is 0 Å². The lowest BCUT2D eigenvalue weighted by atomic mass is 10.1. The van der Waals surface area contributed by atoms with Gasteiger partial charge in [-0.15, -0.1) is 5.10 Å². The van der Waals surface area contributed by atoms with Gasteiger partial charge in [-0.2, -0.15) is 0 Å². The van der Waals surface area contributed by atoms with E-state index in [0.717, 1.165) is 58.7 Å². The van der Waals surface area contributed by atoms with Gasteiger partial charge in [0.05, 0.1) is 17.8 Å². The van der Waals surface area contributed by atoms with Crippen LogP contribution in [0.15, 0.2) is 54.6 Å². The Morgan fingerprint density at radius 3 is 2.79 bits per heavy atom. The lowest BCUT2D eigenvalue weighted by Crippen LogP contribution is -2.03. The zero-order valence-corrected chi connectivity index (χ0v) is 16.3. The van der Waals surface area contributed by atoms with Gasteiger partial charge in [-0.3, -0.25) is 0 Å². The van der Waals surface area contributed by atoms with E-state index < -0.39 is 0 Å². The number of pyridine rings is 1. The van der Waals surface area contributed by atoms with Crippen molar-refractivity contribution in [3.8, 4) is 11.5 Å². The maximum atomic E-state index is 6.00. The molecule has 2 aromatic carbocycles. The topological polar surface area (TPSA) is 85.8 Å². The average Bonchev–Trinajstić information content (AvgIpc) is 3.29. The second kappa shape index (κ2) is 9.14. The monoisotopic (exact) mass is 389 g/mol. The summed E-state index contributed by atoms with van der Waals surface area (Å²) >= 11 is 0. The van der Waals surface area contributed by atoms with Gasteiger partial charge in [-0.05, 0) is 47.0 Å². The number of hydrogen-bond acceptors (Lipinski definition) is 6. The fourth-order valence-electron chi connectivity index (χ4n) is 3.10. The van der Waals surface area contributed by atoms with E-state index in [0.29, 0.717) is 13.2 Å². The van der Waals surface area contributed by atoms with E-state index in [1.165, 1.54) is 0 Å². The van der Waals surface area contributed by atoms with Gasteiger partial charge in [0, 0.05) is 17.9 Å². The molecule has 7 heteroatoms. The van der Waals surface area contributed by atoms with Gasteiger partial charge in [-0.1, -0.05) is 37.3 Å². The number of nitrogens with one attached hydrogen (secondary N) is 1. The Balaban J connectivity index is 1.37. The molecular weight excluding hydrogens is 366 g/mol. The van der Waals surface area contributed by atoms with E-state index in [1.807, 2.05) is 36.4 Å². The molecule has 0 saturated heterocycles. The number of tetrazole rings is 1. The molecule has 0 bridgehead atoms. The van der Waals surface area contributed by atoms with Crippen molar-refractivity contribution in [2.45, 2.75) is 32.8 Å². The zero-order valence-electron chi connectivity index (χ0n) is 16.3. The predicted molar refractivity (Wildman–Crippen MR) is 110 cm³/mol. The number of ether oxygens (including phenoxy) is 2. The van der Waals surface area contributed by atoms with Crippen molar-refractivity contribution in [1.82, 2.24) is 25.6 Å². The Bertz CT molecular complexity index is 1070. The van der Waals surface area contributed by atoms with Crippen molar-refractivity contribution in [1.29, 1.82) is 0 Å². The molecule has 2 heterocycles. The third-order valence-electron chi connectivity index (χ3n) is 4.67. The van der Waals surface area contributed by atoms with Crippen LogP contribution in [0.25, 0.3) is 10.9 Å². The van der Waals surface area contributed by atoms with Gasteiger partial charge < -0.3 is 9.47 Å². The van der Waals surface area contributed by atoms with Crippen molar-refractivity contribution in [3.63, 3.8) is 0 Å². The molecule has 4 rings (SSSR count). The first-order valence-electron chi connectivity index (χ1n) is 9.77. The van der Waals surface area contributed by atoms with Crippen LogP contribution in [0.2, 0.25) is 0 Å². The second-order valence-electron chi connectivity index (χ2n) is 6.71. The van der Waals surface area contributed by atoms with Crippen LogP contribution in [0.5, 0.6) is 11.5 Å². The number of aromatic amines is 1. The van der Waals surface area contributed by atoms with E-state index in [2.05, 4.69) is 50.7 Å². The van der Waals surface area contributed by atoms with Gasteiger partial charge >= 0.3 is 0 Å². The molecule has 0 aliphatic carbocycles. The Kier molecular flexibility index (Phi) is 5.95. The third kappa shape index (κ3) is 4.87. The molecule has 0 aliphatic rings. The van der Waals surface area contributed by atoms with Gasteiger partial charge in [0.2, 0.25) is 0 Å². The highest BCUT2D eigenvalue weighted by atomic mass is 16.5. The molecule has 148 valence electrons. The Labute approximate surface area is 169 Å². The van der Waals surface area contributed by atoms with E-state index in [1.54, 1.807) is 0 Å². The predicted octanol–water partition coefficient (Wildman–Crippen LogP) is 3.90. The summed E-state index contributed by atoms with van der Waals surface area (Å²) in [7, 11) is 0. The van der Waals surface area contributed by atoms with E-state index >= 15 is 0 Å². The summed E-state index contributed by atoms with van der Waals surface area (Å²) in [5.41, 5.74) is 3.02. The van der Waals surface area contributed by atoms with Crippen LogP contribution in [0.3, 0.4) is 0 Å². The average molecular weight is 389 g/mol. The molecule has 0 unspecified atom stereocenters. The first-order valence-corrected chi connectivity index (χ1v) is 9.77. The standard InChI is InChI=1S/C22H23N5O2/c1-2-16-10-12-19(14-21(16)28-13-5-8-22-24-26-27-25-22)29-15-18-11-9-17-6-3-4-7-20(17)23-18/h3-4,6-7,9-12,14H,2,5,8,13,15H2,1H3,(H,24,25,26,27). The molecule has 0 saturated carbocycles. The Morgan fingerprint density at radius 2 is 1.93 bits per heavy atom. The zero-order chi connectivity index (χ0) is 19.9. The molecule has 2 aromatic heterocycles. The summed E-state index contributed by atoms with van der Waals surface area (Å²) in [6.07, 6.45) is 2.47. The Morgan fingerprint density at radius 1 is 1.00 bits per heavy atom. The first-order chi connectivity index (χ1) is 14.3. The molecule has 0 amide bonds. The molecule has 29 heavy (non-hydrogen) atoms. The van der Waals surface area contributed by atoms with Crippen LogP contribution in [0.1, 0.15) is 30.4 Å². The maximum absolute atomic E-state index is 6.00. The number of para-hydroxylation sites is 1. The number of fused-ring (bicyclic) bond motifs is 1. The van der Waals surface area contributed by atoms with Crippen molar-refractivity contribution < 1.29 is 9.47 Å². The minimum Gasteiger partial charge on any atom is -0.493 e.